The highest BCUT2D eigenvalue weighted by Crippen LogP contribution is 2.48. The molecule has 1 amide bonds. The van der Waals surface area contributed by atoms with Crippen molar-refractivity contribution in [1.82, 2.24) is 24.2 Å². The molecule has 0 N–H and O–H groups in total. The second kappa shape index (κ2) is 12.3. The van der Waals surface area contributed by atoms with E-state index in [1.165, 1.54) is 18.6 Å². The maximum absolute atomic E-state index is 16.2. The molecule has 48 heavy (non-hydrogen) atoms. The van der Waals surface area contributed by atoms with Gasteiger partial charge in [-0.2, -0.15) is 5.10 Å². The number of carbonyl (C=O) groups is 1. The number of rotatable bonds is 8. The summed E-state index contributed by atoms with van der Waals surface area (Å²) >= 11 is 1.15. The minimum atomic E-state index is -0.940. The number of ether oxygens (including phenoxy) is 2. The Balaban J connectivity index is 1.54. The second-order valence-electron chi connectivity index (χ2n) is 11.9. The Labute approximate surface area is 278 Å². The fraction of sp³-hybridized carbons (Fsp3) is 0.250. The van der Waals surface area contributed by atoms with Crippen molar-refractivity contribution in [2.24, 2.45) is 7.05 Å². The Hall–Kier alpha value is -4.94. The van der Waals surface area contributed by atoms with Crippen molar-refractivity contribution in [3.63, 3.8) is 0 Å². The minimum Gasteiger partial charge on any atom is -0.490 e. The molecule has 2 atom stereocenters. The Kier molecular flexibility index (Phi) is 8.08. The van der Waals surface area contributed by atoms with Gasteiger partial charge >= 0.3 is 0 Å². The van der Waals surface area contributed by atoms with Gasteiger partial charge in [-0.15, -0.1) is 11.3 Å². The predicted octanol–water partition coefficient (Wildman–Crippen LogP) is 8.08. The van der Waals surface area contributed by atoms with Gasteiger partial charge in [-0.25, -0.2) is 18.2 Å². The van der Waals surface area contributed by atoms with Crippen LogP contribution in [0.4, 0.5) is 13.2 Å². The van der Waals surface area contributed by atoms with Crippen molar-refractivity contribution < 1.29 is 27.4 Å². The number of halogens is 3. The summed E-state index contributed by atoms with van der Waals surface area (Å²) in [6.45, 7) is 8.03. The maximum Gasteiger partial charge on any atom is 0.246 e. The van der Waals surface area contributed by atoms with E-state index >= 15 is 8.78 Å². The Morgan fingerprint density at radius 2 is 1.88 bits per heavy atom. The summed E-state index contributed by atoms with van der Waals surface area (Å²) in [7, 11) is 3.44. The number of carbonyl (C=O) groups excluding carboxylic acids is 1. The summed E-state index contributed by atoms with van der Waals surface area (Å²) in [5.41, 5.74) is 3.44. The predicted molar refractivity (Wildman–Crippen MR) is 180 cm³/mol. The van der Waals surface area contributed by atoms with Gasteiger partial charge in [0.05, 0.1) is 40.3 Å². The average Bonchev–Trinajstić information content (AvgIpc) is 3.79. The van der Waals surface area contributed by atoms with Gasteiger partial charge in [-0.1, -0.05) is 12.6 Å². The summed E-state index contributed by atoms with van der Waals surface area (Å²) in [6, 6.07) is 10.9. The first-order chi connectivity index (χ1) is 23.1. The third-order valence-corrected chi connectivity index (χ3v) is 9.84. The number of fused-ring (bicyclic) bond motifs is 3. The van der Waals surface area contributed by atoms with Crippen LogP contribution in [0.5, 0.6) is 5.75 Å². The smallest absolute Gasteiger partial charge is 0.246 e. The molecule has 0 radical (unpaired) electrons. The molecule has 246 valence electrons. The van der Waals surface area contributed by atoms with Crippen LogP contribution in [0.3, 0.4) is 0 Å². The van der Waals surface area contributed by atoms with Crippen LogP contribution in [0.15, 0.2) is 66.7 Å². The van der Waals surface area contributed by atoms with E-state index in [0.717, 1.165) is 45.6 Å². The number of nitrogens with zero attached hydrogens (tertiary/aromatic N) is 5. The van der Waals surface area contributed by atoms with Gasteiger partial charge in [0.2, 0.25) is 5.91 Å². The molecule has 0 saturated heterocycles. The molecule has 4 aromatic heterocycles. The number of thiophene rings is 1. The van der Waals surface area contributed by atoms with E-state index in [1.54, 1.807) is 11.0 Å². The first-order valence-electron chi connectivity index (χ1n) is 15.4. The molecule has 1 aliphatic rings. The lowest BCUT2D eigenvalue weighted by Crippen LogP contribution is -2.42. The first-order valence-corrected chi connectivity index (χ1v) is 16.3. The number of benzene rings is 2. The first kappa shape index (κ1) is 31.6. The normalized spacial score (nSPS) is 16.1. The van der Waals surface area contributed by atoms with E-state index < -0.39 is 17.5 Å². The summed E-state index contributed by atoms with van der Waals surface area (Å²) in [5, 5.41) is 7.38. The topological polar surface area (TPSA) is 74.4 Å². The maximum atomic E-state index is 16.2. The van der Waals surface area contributed by atoms with Crippen molar-refractivity contribution in [3.05, 3.63) is 89.8 Å². The van der Waals surface area contributed by atoms with Crippen molar-refractivity contribution in [2.45, 2.75) is 25.9 Å². The van der Waals surface area contributed by atoms with Gasteiger partial charge in [0.15, 0.2) is 0 Å². The molecule has 0 aliphatic carbocycles. The molecular weight excluding hydrogens is 639 g/mol. The number of pyridine rings is 1. The van der Waals surface area contributed by atoms with Crippen LogP contribution in [0.2, 0.25) is 0 Å². The van der Waals surface area contributed by atoms with E-state index in [0.29, 0.717) is 22.6 Å². The van der Waals surface area contributed by atoms with E-state index in [4.69, 9.17) is 19.6 Å². The zero-order valence-electron chi connectivity index (χ0n) is 26.8. The van der Waals surface area contributed by atoms with Crippen LogP contribution in [0.1, 0.15) is 31.6 Å². The molecule has 8 nitrogen and oxygen atoms in total. The molecular formula is C36H32F3N5O3S. The minimum absolute atomic E-state index is 0.000557. The largest absolute Gasteiger partial charge is 0.490 e. The summed E-state index contributed by atoms with van der Waals surface area (Å²) in [5.74, 6) is -2.71. The summed E-state index contributed by atoms with van der Waals surface area (Å²) < 4.78 is 62.2. The molecule has 2 aromatic carbocycles. The number of hydrogen-bond acceptors (Lipinski definition) is 6. The summed E-state index contributed by atoms with van der Waals surface area (Å²) in [4.78, 5) is 19.6. The molecule has 0 spiro atoms. The molecule has 0 saturated carbocycles. The van der Waals surface area contributed by atoms with Gasteiger partial charge in [-0.3, -0.25) is 9.48 Å². The van der Waals surface area contributed by atoms with Crippen LogP contribution in [0, 0.1) is 17.5 Å². The standard InChI is InChI=1S/C36H32F3N5O3S/c1-6-30(45)43-17-19(2)44-28(20(43)3)16-26(41-44)35-33(31-24(38)14-23(37)15-29(31)47-12-11-46-5)32-25(39)18-48-36(32)34(40-35)22-7-8-27-21(13-22)9-10-42(27)4/h6-10,13-16,18-20H,1,11-12,17H2,2-5H3/t19-,20+/m0/s1. The molecule has 5 heterocycles. The number of amides is 1. The molecule has 0 bridgehead atoms. The molecule has 0 unspecified atom stereocenters. The molecule has 0 fully saturated rings. The van der Waals surface area contributed by atoms with Gasteiger partial charge in [-0.05, 0) is 44.2 Å². The van der Waals surface area contributed by atoms with Gasteiger partial charge in [0.1, 0.15) is 41.2 Å². The van der Waals surface area contributed by atoms with E-state index in [1.807, 2.05) is 60.6 Å². The van der Waals surface area contributed by atoms with E-state index in [-0.39, 0.29) is 59.2 Å². The molecule has 7 rings (SSSR count). The molecule has 6 aromatic rings. The fourth-order valence-corrected chi connectivity index (χ4v) is 7.47. The number of hydrogen-bond donors (Lipinski definition) is 0. The van der Waals surface area contributed by atoms with Crippen molar-refractivity contribution in [1.29, 1.82) is 0 Å². The van der Waals surface area contributed by atoms with E-state index in [2.05, 4.69) is 6.58 Å². The lowest BCUT2D eigenvalue weighted by atomic mass is 9.94. The van der Waals surface area contributed by atoms with E-state index in [9.17, 15) is 9.18 Å². The van der Waals surface area contributed by atoms with Gasteiger partial charge in [0, 0.05) is 71.8 Å². The number of aromatic nitrogens is 4. The van der Waals surface area contributed by atoms with Crippen LogP contribution in [-0.2, 0) is 16.6 Å². The Morgan fingerprint density at radius 1 is 1.06 bits per heavy atom. The SMILES string of the molecule is C=CC(=O)N1C[C@H](C)n2nc(-c3nc(-c4ccc5c(ccn5C)c4)c4scc(F)c4c3-c3c(F)cc(F)cc3OCCOC)cc2[C@H]1C. The average molecular weight is 672 g/mol. The quantitative estimate of drug-likeness (QED) is 0.121. The highest BCUT2D eigenvalue weighted by molar-refractivity contribution is 7.17. The third-order valence-electron chi connectivity index (χ3n) is 8.88. The summed E-state index contributed by atoms with van der Waals surface area (Å²) in [6.07, 6.45) is 3.24. The Morgan fingerprint density at radius 3 is 2.65 bits per heavy atom. The van der Waals surface area contributed by atoms with Gasteiger partial charge < -0.3 is 18.9 Å². The second-order valence-corrected chi connectivity index (χ2v) is 12.8. The van der Waals surface area contributed by atoms with Crippen molar-refractivity contribution >= 4 is 38.2 Å². The highest BCUT2D eigenvalue weighted by atomic mass is 32.1. The number of aryl methyl sites for hydroxylation is 1. The van der Waals surface area contributed by atoms with Crippen LogP contribution >= 0.6 is 11.3 Å². The fourth-order valence-electron chi connectivity index (χ4n) is 6.54. The highest BCUT2D eigenvalue weighted by Gasteiger charge is 2.34. The zero-order chi connectivity index (χ0) is 33.9. The van der Waals surface area contributed by atoms with Crippen LogP contribution < -0.4 is 4.74 Å². The van der Waals surface area contributed by atoms with Crippen molar-refractivity contribution in [2.75, 3.05) is 26.9 Å². The molecule has 12 heteroatoms. The van der Waals surface area contributed by atoms with Crippen LogP contribution in [-0.4, -0.2) is 57.0 Å². The lowest BCUT2D eigenvalue weighted by molar-refractivity contribution is -0.129. The van der Waals surface area contributed by atoms with Crippen LogP contribution in [0.25, 0.3) is 54.8 Å². The molecule has 1 aliphatic heterocycles. The Bertz CT molecular complexity index is 2240. The third kappa shape index (κ3) is 5.15. The van der Waals surface area contributed by atoms with Gasteiger partial charge in [0.25, 0.3) is 0 Å². The van der Waals surface area contributed by atoms with Crippen molar-refractivity contribution in [3.8, 4) is 39.5 Å². The zero-order valence-corrected chi connectivity index (χ0v) is 27.6. The monoisotopic (exact) mass is 671 g/mol. The lowest BCUT2D eigenvalue weighted by Gasteiger charge is -2.36. The number of methoxy groups -OCH3 is 1.